The highest BCUT2D eigenvalue weighted by molar-refractivity contribution is 7.90. The Bertz CT molecular complexity index is 625. The highest BCUT2D eigenvalue weighted by Crippen LogP contribution is 2.26. The lowest BCUT2D eigenvalue weighted by Crippen LogP contribution is -2.35. The molecule has 7 heteroatoms. The standard InChI is InChI=1S/C14H18N2O3S.ClH/c17-20(18)13-7-2-1-6-12(13)14(16-20)19-10-8-11-5-3-4-9-15-11;/h1-2,6-7,11,15H,3-5,8-10H2;1H. The van der Waals surface area contributed by atoms with E-state index < -0.39 is 10.0 Å². The normalized spacial score (nSPS) is 22.9. The molecule has 1 saturated heterocycles. The molecule has 116 valence electrons. The first-order valence-electron chi connectivity index (χ1n) is 6.97. The van der Waals surface area contributed by atoms with E-state index in [0.717, 1.165) is 19.4 Å². The molecule has 0 aliphatic carbocycles. The third kappa shape index (κ3) is 3.56. The minimum atomic E-state index is -3.56. The lowest BCUT2D eigenvalue weighted by molar-refractivity contribution is 0.260. The monoisotopic (exact) mass is 330 g/mol. The first-order valence-corrected chi connectivity index (χ1v) is 8.41. The Morgan fingerprint density at radius 2 is 2.10 bits per heavy atom. The van der Waals surface area contributed by atoms with E-state index in [9.17, 15) is 8.42 Å². The van der Waals surface area contributed by atoms with Gasteiger partial charge in [-0.2, -0.15) is 8.42 Å². The number of nitrogens with one attached hydrogen (secondary N) is 1. The molecular weight excluding hydrogens is 312 g/mol. The second-order valence-electron chi connectivity index (χ2n) is 5.15. The number of piperidine rings is 1. The molecule has 0 radical (unpaired) electrons. The lowest BCUT2D eigenvalue weighted by atomic mass is 10.0. The maximum Gasteiger partial charge on any atom is 0.286 e. The van der Waals surface area contributed by atoms with Crippen LogP contribution >= 0.6 is 12.4 Å². The Balaban J connectivity index is 0.00000161. The van der Waals surface area contributed by atoms with Crippen LogP contribution in [0, 0.1) is 0 Å². The number of benzene rings is 1. The molecule has 0 bridgehead atoms. The van der Waals surface area contributed by atoms with Crippen molar-refractivity contribution in [3.05, 3.63) is 29.8 Å². The van der Waals surface area contributed by atoms with Crippen LogP contribution in [0.2, 0.25) is 0 Å². The molecule has 2 heterocycles. The molecule has 0 aromatic heterocycles. The first kappa shape index (κ1) is 16.3. The summed E-state index contributed by atoms with van der Waals surface area (Å²) in [6.45, 7) is 1.54. The van der Waals surface area contributed by atoms with Gasteiger partial charge in [0, 0.05) is 6.04 Å². The van der Waals surface area contributed by atoms with Crippen molar-refractivity contribution in [2.24, 2.45) is 4.40 Å². The van der Waals surface area contributed by atoms with Gasteiger partial charge in [-0.1, -0.05) is 18.6 Å². The molecule has 0 amide bonds. The van der Waals surface area contributed by atoms with Gasteiger partial charge in [-0.25, -0.2) is 0 Å². The second-order valence-corrected chi connectivity index (χ2v) is 6.72. The molecule has 1 N–H and O–H groups in total. The Morgan fingerprint density at radius 3 is 2.86 bits per heavy atom. The Morgan fingerprint density at radius 1 is 1.29 bits per heavy atom. The Hall–Kier alpha value is -1.11. The summed E-state index contributed by atoms with van der Waals surface area (Å²) in [7, 11) is -3.56. The summed E-state index contributed by atoms with van der Waals surface area (Å²) >= 11 is 0. The molecule has 2 aliphatic heterocycles. The zero-order valence-corrected chi connectivity index (χ0v) is 13.3. The number of sulfonamides is 1. The third-order valence-corrected chi connectivity index (χ3v) is 5.03. The summed E-state index contributed by atoms with van der Waals surface area (Å²) in [5, 5.41) is 3.44. The van der Waals surface area contributed by atoms with Gasteiger partial charge in [0.15, 0.2) is 0 Å². The van der Waals surface area contributed by atoms with E-state index in [0.29, 0.717) is 18.2 Å². The SMILES string of the molecule is Cl.O=S1(=O)N=C(OCCC2CCCCN2)c2ccccc21. The maximum atomic E-state index is 11.8. The molecule has 1 unspecified atom stereocenters. The quantitative estimate of drug-likeness (QED) is 0.921. The predicted octanol–water partition coefficient (Wildman–Crippen LogP) is 2.11. The fourth-order valence-electron chi connectivity index (χ4n) is 2.65. The fraction of sp³-hybridized carbons (Fsp3) is 0.500. The predicted molar refractivity (Wildman–Crippen MR) is 83.6 cm³/mol. The van der Waals surface area contributed by atoms with Crippen LogP contribution in [0.15, 0.2) is 33.6 Å². The zero-order valence-electron chi connectivity index (χ0n) is 11.6. The van der Waals surface area contributed by atoms with E-state index in [1.165, 1.54) is 12.8 Å². The van der Waals surface area contributed by atoms with E-state index in [4.69, 9.17) is 4.74 Å². The lowest BCUT2D eigenvalue weighted by Gasteiger charge is -2.23. The van der Waals surface area contributed by atoms with Crippen molar-refractivity contribution in [3.8, 4) is 0 Å². The Kier molecular flexibility index (Phi) is 5.24. The topological polar surface area (TPSA) is 67.8 Å². The largest absolute Gasteiger partial charge is 0.477 e. The van der Waals surface area contributed by atoms with Crippen LogP contribution in [0.3, 0.4) is 0 Å². The minimum Gasteiger partial charge on any atom is -0.477 e. The van der Waals surface area contributed by atoms with Crippen LogP contribution in [-0.4, -0.2) is 33.5 Å². The molecular formula is C14H19ClN2O3S. The maximum absolute atomic E-state index is 11.8. The molecule has 21 heavy (non-hydrogen) atoms. The van der Waals surface area contributed by atoms with Gasteiger partial charge in [-0.05, 0) is 37.9 Å². The van der Waals surface area contributed by atoms with Gasteiger partial charge in [-0.15, -0.1) is 16.8 Å². The van der Waals surface area contributed by atoms with Crippen molar-refractivity contribution in [1.29, 1.82) is 0 Å². The summed E-state index contributed by atoms with van der Waals surface area (Å²) in [6, 6.07) is 7.25. The molecule has 5 nitrogen and oxygen atoms in total. The smallest absolute Gasteiger partial charge is 0.286 e. The van der Waals surface area contributed by atoms with Gasteiger partial charge in [0.25, 0.3) is 10.0 Å². The summed E-state index contributed by atoms with van der Waals surface area (Å²) in [5.74, 6) is 0.233. The van der Waals surface area contributed by atoms with Gasteiger partial charge in [-0.3, -0.25) is 0 Å². The van der Waals surface area contributed by atoms with Crippen molar-refractivity contribution in [3.63, 3.8) is 0 Å². The third-order valence-electron chi connectivity index (χ3n) is 3.72. The number of nitrogens with zero attached hydrogens (tertiary/aromatic N) is 1. The van der Waals surface area contributed by atoms with Gasteiger partial charge in [0.1, 0.15) is 4.90 Å². The number of hydrogen-bond donors (Lipinski definition) is 1. The van der Waals surface area contributed by atoms with Crippen molar-refractivity contribution in [2.45, 2.75) is 36.6 Å². The molecule has 1 fully saturated rings. The van der Waals surface area contributed by atoms with Gasteiger partial charge in [0.2, 0.25) is 5.90 Å². The van der Waals surface area contributed by atoms with E-state index in [1.54, 1.807) is 24.3 Å². The van der Waals surface area contributed by atoms with Gasteiger partial charge >= 0.3 is 0 Å². The van der Waals surface area contributed by atoms with Crippen LogP contribution in [-0.2, 0) is 14.8 Å². The number of fused-ring (bicyclic) bond motifs is 1. The van der Waals surface area contributed by atoms with E-state index in [2.05, 4.69) is 9.71 Å². The molecule has 1 atom stereocenters. The molecule has 2 aliphatic rings. The van der Waals surface area contributed by atoms with E-state index >= 15 is 0 Å². The highest BCUT2D eigenvalue weighted by Gasteiger charge is 2.29. The highest BCUT2D eigenvalue weighted by atomic mass is 35.5. The van der Waals surface area contributed by atoms with Gasteiger partial charge in [0.05, 0.1) is 12.2 Å². The van der Waals surface area contributed by atoms with Crippen molar-refractivity contribution >= 4 is 28.3 Å². The minimum absolute atomic E-state index is 0. The average Bonchev–Trinajstić information content (AvgIpc) is 2.72. The van der Waals surface area contributed by atoms with Crippen molar-refractivity contribution in [1.82, 2.24) is 5.32 Å². The van der Waals surface area contributed by atoms with Crippen molar-refractivity contribution < 1.29 is 13.2 Å². The second kappa shape index (κ2) is 6.77. The van der Waals surface area contributed by atoms with E-state index in [-0.39, 0.29) is 23.2 Å². The zero-order chi connectivity index (χ0) is 14.0. The number of rotatable bonds is 3. The summed E-state index contributed by atoms with van der Waals surface area (Å²) in [6.07, 6.45) is 4.51. The molecule has 1 aromatic rings. The van der Waals surface area contributed by atoms with Crippen LogP contribution < -0.4 is 5.32 Å². The number of ether oxygens (including phenoxy) is 1. The van der Waals surface area contributed by atoms with Crippen LogP contribution in [0.5, 0.6) is 0 Å². The molecule has 3 rings (SSSR count). The average molecular weight is 331 g/mol. The summed E-state index contributed by atoms with van der Waals surface area (Å²) < 4.78 is 33.0. The number of halogens is 1. The van der Waals surface area contributed by atoms with Crippen molar-refractivity contribution in [2.75, 3.05) is 13.2 Å². The Labute approximate surface area is 131 Å². The van der Waals surface area contributed by atoms with Crippen LogP contribution in [0.4, 0.5) is 0 Å². The number of hydrogen-bond acceptors (Lipinski definition) is 4. The fourth-order valence-corrected chi connectivity index (χ4v) is 3.80. The first-order chi connectivity index (χ1) is 9.67. The van der Waals surface area contributed by atoms with E-state index in [1.807, 2.05) is 0 Å². The summed E-state index contributed by atoms with van der Waals surface area (Å²) in [4.78, 5) is 0.241. The molecule has 0 saturated carbocycles. The van der Waals surface area contributed by atoms with Gasteiger partial charge < -0.3 is 10.1 Å². The summed E-state index contributed by atoms with van der Waals surface area (Å²) in [5.41, 5.74) is 0.573. The van der Waals surface area contributed by atoms with Crippen LogP contribution in [0.25, 0.3) is 0 Å². The molecule has 0 spiro atoms. The van der Waals surface area contributed by atoms with Crippen LogP contribution in [0.1, 0.15) is 31.2 Å². The molecule has 1 aromatic carbocycles.